The number of amides is 1. The first-order valence-corrected chi connectivity index (χ1v) is 12.5. The van der Waals surface area contributed by atoms with Gasteiger partial charge in [-0.15, -0.1) is 0 Å². The number of benzene rings is 2. The second kappa shape index (κ2) is 9.83. The van der Waals surface area contributed by atoms with Crippen LogP contribution in [-0.4, -0.2) is 56.3 Å². The Balaban J connectivity index is 1.24. The normalized spacial score (nSPS) is 18.3. The topological polar surface area (TPSA) is 66.9 Å². The molecule has 7 heteroatoms. The summed E-state index contributed by atoms with van der Waals surface area (Å²) in [5.41, 5.74) is 1.35. The number of carbonyl (C=O) groups excluding carboxylic acids is 1. The molecule has 0 spiro atoms. The number of likely N-dealkylation sites (tertiary alicyclic amines) is 1. The Morgan fingerprint density at radius 2 is 1.55 bits per heavy atom. The molecule has 0 saturated carbocycles. The molecule has 2 aromatic carbocycles. The molecule has 31 heavy (non-hydrogen) atoms. The van der Waals surface area contributed by atoms with Gasteiger partial charge in [0.2, 0.25) is 10.0 Å². The first-order chi connectivity index (χ1) is 15.0. The summed E-state index contributed by atoms with van der Waals surface area (Å²) in [5, 5.41) is 0. The van der Waals surface area contributed by atoms with E-state index in [2.05, 4.69) is 24.3 Å². The maximum Gasteiger partial charge on any atom is 0.260 e. The number of piperidine rings is 1. The van der Waals surface area contributed by atoms with Crippen LogP contribution < -0.4 is 4.74 Å². The van der Waals surface area contributed by atoms with Crippen LogP contribution in [0.1, 0.15) is 31.2 Å². The highest BCUT2D eigenvalue weighted by molar-refractivity contribution is 7.89. The molecule has 0 aromatic heterocycles. The molecule has 6 nitrogen and oxygen atoms in total. The van der Waals surface area contributed by atoms with Crippen molar-refractivity contribution in [2.75, 3.05) is 32.8 Å². The Kier molecular flexibility index (Phi) is 6.92. The second-order valence-corrected chi connectivity index (χ2v) is 10.3. The summed E-state index contributed by atoms with van der Waals surface area (Å²) in [6, 6.07) is 16.9. The Morgan fingerprint density at radius 3 is 2.19 bits per heavy atom. The molecule has 2 saturated heterocycles. The van der Waals surface area contributed by atoms with Gasteiger partial charge in [-0.05, 0) is 67.9 Å². The minimum atomic E-state index is -3.43. The van der Waals surface area contributed by atoms with Crippen molar-refractivity contribution in [1.82, 2.24) is 9.21 Å². The van der Waals surface area contributed by atoms with Gasteiger partial charge in [-0.25, -0.2) is 8.42 Å². The Bertz CT molecular complexity index is 962. The lowest BCUT2D eigenvalue weighted by molar-refractivity contribution is -0.134. The Morgan fingerprint density at radius 1 is 0.903 bits per heavy atom. The molecule has 2 aromatic rings. The number of hydrogen-bond donors (Lipinski definition) is 0. The van der Waals surface area contributed by atoms with E-state index in [1.165, 1.54) is 9.87 Å². The zero-order chi connectivity index (χ0) is 21.7. The van der Waals surface area contributed by atoms with Crippen LogP contribution in [0.2, 0.25) is 0 Å². The number of ether oxygens (including phenoxy) is 1. The van der Waals surface area contributed by atoms with Crippen LogP contribution in [0.15, 0.2) is 59.5 Å². The van der Waals surface area contributed by atoms with E-state index in [-0.39, 0.29) is 17.4 Å². The molecule has 2 aliphatic heterocycles. The van der Waals surface area contributed by atoms with Crippen LogP contribution in [0.3, 0.4) is 0 Å². The van der Waals surface area contributed by atoms with E-state index in [0.717, 1.165) is 45.2 Å². The van der Waals surface area contributed by atoms with Crippen molar-refractivity contribution in [3.05, 3.63) is 60.2 Å². The van der Waals surface area contributed by atoms with Gasteiger partial charge in [-0.3, -0.25) is 4.79 Å². The van der Waals surface area contributed by atoms with E-state index in [1.807, 2.05) is 11.0 Å². The number of sulfonamides is 1. The molecule has 2 aliphatic rings. The highest BCUT2D eigenvalue weighted by Crippen LogP contribution is 2.24. The number of rotatable bonds is 7. The average Bonchev–Trinajstić information content (AvgIpc) is 3.35. The molecule has 0 aliphatic carbocycles. The van der Waals surface area contributed by atoms with E-state index in [0.29, 0.717) is 24.8 Å². The molecule has 2 fully saturated rings. The highest BCUT2D eigenvalue weighted by atomic mass is 32.2. The fraction of sp³-hybridized carbons (Fsp3) is 0.458. The zero-order valence-electron chi connectivity index (χ0n) is 17.8. The maximum atomic E-state index is 12.6. The quantitative estimate of drug-likeness (QED) is 0.660. The number of hydrogen-bond acceptors (Lipinski definition) is 4. The molecular formula is C24H30N2O4S. The predicted octanol–water partition coefficient (Wildman–Crippen LogP) is 3.33. The first kappa shape index (κ1) is 21.8. The van der Waals surface area contributed by atoms with Crippen molar-refractivity contribution in [3.63, 3.8) is 0 Å². The van der Waals surface area contributed by atoms with Crippen LogP contribution in [0.4, 0.5) is 0 Å². The van der Waals surface area contributed by atoms with E-state index in [4.69, 9.17) is 4.74 Å². The summed E-state index contributed by atoms with van der Waals surface area (Å²) in [6.07, 6.45) is 4.89. The number of carbonyl (C=O) groups is 1. The van der Waals surface area contributed by atoms with Crippen molar-refractivity contribution in [3.8, 4) is 5.75 Å². The summed E-state index contributed by atoms with van der Waals surface area (Å²) in [4.78, 5) is 14.7. The van der Waals surface area contributed by atoms with Gasteiger partial charge in [0, 0.05) is 26.2 Å². The van der Waals surface area contributed by atoms with Gasteiger partial charge in [0.1, 0.15) is 5.75 Å². The number of nitrogens with zero attached hydrogens (tertiary/aromatic N) is 2. The fourth-order valence-corrected chi connectivity index (χ4v) is 5.87. The molecule has 4 rings (SSSR count). The van der Waals surface area contributed by atoms with E-state index in [1.54, 1.807) is 24.3 Å². The largest absolute Gasteiger partial charge is 0.484 e. The molecule has 0 radical (unpaired) electrons. The van der Waals surface area contributed by atoms with Crippen LogP contribution >= 0.6 is 0 Å². The van der Waals surface area contributed by atoms with Gasteiger partial charge in [0.15, 0.2) is 6.61 Å². The van der Waals surface area contributed by atoms with Crippen molar-refractivity contribution < 1.29 is 17.9 Å². The Labute approximate surface area is 184 Å². The molecule has 0 unspecified atom stereocenters. The van der Waals surface area contributed by atoms with E-state index >= 15 is 0 Å². The molecule has 1 amide bonds. The summed E-state index contributed by atoms with van der Waals surface area (Å²) >= 11 is 0. The third kappa shape index (κ3) is 5.46. The standard InChI is InChI=1S/C24H30N2O4S/c27-24(25-16-12-21(13-17-25)18-20-6-2-1-3-7-20)19-30-22-8-10-23(11-9-22)31(28,29)26-14-4-5-15-26/h1-3,6-11,21H,4-5,12-19H2. The SMILES string of the molecule is O=C(COc1ccc(S(=O)(=O)N2CCCC2)cc1)N1CCC(Cc2ccccc2)CC1. The van der Waals surface area contributed by atoms with E-state index < -0.39 is 10.0 Å². The van der Waals surface area contributed by atoms with Crippen molar-refractivity contribution in [2.45, 2.75) is 37.0 Å². The lowest BCUT2D eigenvalue weighted by Gasteiger charge is -2.32. The van der Waals surface area contributed by atoms with Gasteiger partial charge in [-0.1, -0.05) is 30.3 Å². The minimum absolute atomic E-state index is 0.0214. The van der Waals surface area contributed by atoms with Crippen LogP contribution in [0.5, 0.6) is 5.75 Å². The second-order valence-electron chi connectivity index (χ2n) is 8.39. The lowest BCUT2D eigenvalue weighted by Crippen LogP contribution is -2.41. The zero-order valence-corrected chi connectivity index (χ0v) is 18.6. The van der Waals surface area contributed by atoms with Gasteiger partial charge >= 0.3 is 0 Å². The van der Waals surface area contributed by atoms with Gasteiger partial charge < -0.3 is 9.64 Å². The summed E-state index contributed by atoms with van der Waals surface area (Å²) in [6.45, 7) is 2.65. The van der Waals surface area contributed by atoms with Crippen LogP contribution in [0, 0.1) is 5.92 Å². The highest BCUT2D eigenvalue weighted by Gasteiger charge is 2.27. The fourth-order valence-electron chi connectivity index (χ4n) is 4.36. The summed E-state index contributed by atoms with van der Waals surface area (Å²) in [5.74, 6) is 1.09. The monoisotopic (exact) mass is 442 g/mol. The van der Waals surface area contributed by atoms with Gasteiger partial charge in [0.05, 0.1) is 4.90 Å². The first-order valence-electron chi connectivity index (χ1n) is 11.1. The van der Waals surface area contributed by atoms with Crippen LogP contribution in [-0.2, 0) is 21.2 Å². The van der Waals surface area contributed by atoms with Gasteiger partial charge in [0.25, 0.3) is 5.91 Å². The average molecular weight is 443 g/mol. The maximum absolute atomic E-state index is 12.6. The molecule has 0 atom stereocenters. The molecule has 0 N–H and O–H groups in total. The van der Waals surface area contributed by atoms with Crippen molar-refractivity contribution >= 4 is 15.9 Å². The van der Waals surface area contributed by atoms with Crippen molar-refractivity contribution in [1.29, 1.82) is 0 Å². The molecule has 166 valence electrons. The molecule has 2 heterocycles. The molecule has 0 bridgehead atoms. The predicted molar refractivity (Wildman–Crippen MR) is 119 cm³/mol. The van der Waals surface area contributed by atoms with Crippen molar-refractivity contribution in [2.24, 2.45) is 5.92 Å². The van der Waals surface area contributed by atoms with Gasteiger partial charge in [-0.2, -0.15) is 4.31 Å². The van der Waals surface area contributed by atoms with Crippen LogP contribution in [0.25, 0.3) is 0 Å². The summed E-state index contributed by atoms with van der Waals surface area (Å²) < 4.78 is 32.3. The lowest BCUT2D eigenvalue weighted by atomic mass is 9.90. The third-order valence-electron chi connectivity index (χ3n) is 6.22. The third-order valence-corrected chi connectivity index (χ3v) is 8.14. The summed E-state index contributed by atoms with van der Waals surface area (Å²) in [7, 11) is -3.43. The smallest absolute Gasteiger partial charge is 0.260 e. The minimum Gasteiger partial charge on any atom is -0.484 e. The van der Waals surface area contributed by atoms with E-state index in [9.17, 15) is 13.2 Å². The molecular weight excluding hydrogens is 412 g/mol. The Hall–Kier alpha value is -2.38.